The third-order valence-electron chi connectivity index (χ3n) is 3.80. The molecule has 118 valence electrons. The van der Waals surface area contributed by atoms with Crippen molar-refractivity contribution in [3.63, 3.8) is 0 Å². The van der Waals surface area contributed by atoms with Gasteiger partial charge in [-0.1, -0.05) is 0 Å². The van der Waals surface area contributed by atoms with Crippen LogP contribution in [0.4, 0.5) is 10.5 Å². The number of rotatable bonds is 4. The molecular formula is C16H20N2O4. The zero-order valence-corrected chi connectivity index (χ0v) is 13.1. The van der Waals surface area contributed by atoms with Gasteiger partial charge in [0.25, 0.3) is 0 Å². The minimum Gasteiger partial charge on any atom is -0.450 e. The van der Waals surface area contributed by atoms with E-state index >= 15 is 0 Å². The standard InChI is InChI=1S/C16H20N2O4/c1-5-22-15(21)17-9(2)13(19)10-6-7-12-11(8-10)16(3,4)14(20)18-12/h6-9H,5H2,1-4H3,(H,17,21)(H,18,20). The van der Waals surface area contributed by atoms with Crippen LogP contribution in [0.25, 0.3) is 0 Å². The Bertz CT molecular complexity index is 637. The number of hydrogen-bond acceptors (Lipinski definition) is 4. The maximum absolute atomic E-state index is 12.4. The summed E-state index contributed by atoms with van der Waals surface area (Å²) in [7, 11) is 0. The number of amides is 2. The van der Waals surface area contributed by atoms with Crippen LogP contribution in [0.15, 0.2) is 18.2 Å². The number of Topliss-reactive ketones (excluding diaryl/α,β-unsaturated/α-hetero) is 1. The summed E-state index contributed by atoms with van der Waals surface area (Å²) >= 11 is 0. The molecule has 1 aromatic rings. The Hall–Kier alpha value is -2.37. The normalized spacial score (nSPS) is 16.5. The maximum Gasteiger partial charge on any atom is 0.407 e. The van der Waals surface area contributed by atoms with E-state index in [9.17, 15) is 14.4 Å². The highest BCUT2D eigenvalue weighted by atomic mass is 16.5. The van der Waals surface area contributed by atoms with Gasteiger partial charge in [0.05, 0.1) is 18.1 Å². The van der Waals surface area contributed by atoms with Crippen molar-refractivity contribution < 1.29 is 19.1 Å². The highest BCUT2D eigenvalue weighted by Crippen LogP contribution is 2.37. The van der Waals surface area contributed by atoms with Gasteiger partial charge in [0, 0.05) is 11.3 Å². The number of benzene rings is 1. The lowest BCUT2D eigenvalue weighted by molar-refractivity contribution is -0.119. The average molecular weight is 304 g/mol. The van der Waals surface area contributed by atoms with Crippen molar-refractivity contribution in [2.45, 2.75) is 39.2 Å². The molecule has 2 amide bonds. The number of anilines is 1. The second-order valence-electron chi connectivity index (χ2n) is 5.79. The minimum absolute atomic E-state index is 0.0928. The fourth-order valence-corrected chi connectivity index (χ4v) is 2.39. The van der Waals surface area contributed by atoms with Crippen LogP contribution in [0.3, 0.4) is 0 Å². The van der Waals surface area contributed by atoms with Crippen LogP contribution in [0, 0.1) is 0 Å². The van der Waals surface area contributed by atoms with Gasteiger partial charge in [-0.15, -0.1) is 0 Å². The van der Waals surface area contributed by atoms with E-state index in [1.54, 1.807) is 32.0 Å². The molecule has 0 aromatic heterocycles. The number of ether oxygens (including phenoxy) is 1. The number of hydrogen-bond donors (Lipinski definition) is 2. The second-order valence-corrected chi connectivity index (χ2v) is 5.79. The molecular weight excluding hydrogens is 284 g/mol. The van der Waals surface area contributed by atoms with Crippen LogP contribution >= 0.6 is 0 Å². The zero-order valence-electron chi connectivity index (χ0n) is 13.1. The first-order chi connectivity index (χ1) is 10.3. The van der Waals surface area contributed by atoms with Crippen LogP contribution in [-0.2, 0) is 14.9 Å². The smallest absolute Gasteiger partial charge is 0.407 e. The van der Waals surface area contributed by atoms with Gasteiger partial charge in [-0.25, -0.2) is 4.79 Å². The van der Waals surface area contributed by atoms with Gasteiger partial charge in [-0.05, 0) is 51.5 Å². The van der Waals surface area contributed by atoms with Gasteiger partial charge in [-0.2, -0.15) is 0 Å². The van der Waals surface area contributed by atoms with Crippen LogP contribution in [0.2, 0.25) is 0 Å². The molecule has 6 heteroatoms. The maximum atomic E-state index is 12.4. The van der Waals surface area contributed by atoms with Crippen molar-refractivity contribution >= 4 is 23.5 Å². The number of carbonyl (C=O) groups is 3. The van der Waals surface area contributed by atoms with E-state index in [2.05, 4.69) is 10.6 Å². The molecule has 2 N–H and O–H groups in total. The van der Waals surface area contributed by atoms with Crippen molar-refractivity contribution in [3.8, 4) is 0 Å². The van der Waals surface area contributed by atoms with Gasteiger partial charge in [0.2, 0.25) is 5.91 Å². The molecule has 0 radical (unpaired) electrons. The molecule has 0 aliphatic carbocycles. The molecule has 1 atom stereocenters. The molecule has 1 aromatic carbocycles. The largest absolute Gasteiger partial charge is 0.450 e. The predicted molar refractivity (Wildman–Crippen MR) is 82.0 cm³/mol. The first-order valence-corrected chi connectivity index (χ1v) is 7.21. The monoisotopic (exact) mass is 304 g/mol. The third kappa shape index (κ3) is 2.81. The van der Waals surface area contributed by atoms with E-state index < -0.39 is 17.6 Å². The lowest BCUT2D eigenvalue weighted by Gasteiger charge is -2.17. The SMILES string of the molecule is CCOC(=O)NC(C)C(=O)c1ccc2c(c1)C(C)(C)C(=O)N2. The van der Waals surface area contributed by atoms with Crippen LogP contribution in [0.1, 0.15) is 43.6 Å². The zero-order chi connectivity index (χ0) is 16.5. The number of ketones is 1. The molecule has 2 rings (SSSR count). The van der Waals surface area contributed by atoms with Crippen molar-refractivity contribution in [2.24, 2.45) is 0 Å². The molecule has 1 aliphatic rings. The highest BCUT2D eigenvalue weighted by molar-refractivity contribution is 6.08. The van der Waals surface area contributed by atoms with Crippen molar-refractivity contribution in [2.75, 3.05) is 11.9 Å². The lowest BCUT2D eigenvalue weighted by atomic mass is 9.85. The molecule has 0 fully saturated rings. The summed E-state index contributed by atoms with van der Waals surface area (Å²) in [6, 6.07) is 4.36. The van der Waals surface area contributed by atoms with Crippen LogP contribution in [-0.4, -0.2) is 30.4 Å². The molecule has 6 nitrogen and oxygen atoms in total. The number of alkyl carbamates (subject to hydrolysis) is 1. The van der Waals surface area contributed by atoms with E-state index in [1.807, 2.05) is 13.8 Å². The Kier molecular flexibility index (Phi) is 4.21. The molecule has 22 heavy (non-hydrogen) atoms. The Morgan fingerprint density at radius 1 is 1.36 bits per heavy atom. The molecule has 0 saturated heterocycles. The summed E-state index contributed by atoms with van der Waals surface area (Å²) in [4.78, 5) is 35.7. The van der Waals surface area contributed by atoms with Gasteiger partial charge in [0.15, 0.2) is 5.78 Å². The van der Waals surface area contributed by atoms with E-state index in [0.29, 0.717) is 5.56 Å². The van der Waals surface area contributed by atoms with Gasteiger partial charge < -0.3 is 15.4 Å². The van der Waals surface area contributed by atoms with E-state index in [0.717, 1.165) is 11.3 Å². The molecule has 0 bridgehead atoms. The Morgan fingerprint density at radius 3 is 2.68 bits per heavy atom. The van der Waals surface area contributed by atoms with Crippen LogP contribution < -0.4 is 10.6 Å². The number of fused-ring (bicyclic) bond motifs is 1. The van der Waals surface area contributed by atoms with Crippen molar-refractivity contribution in [1.82, 2.24) is 5.32 Å². The molecule has 0 saturated carbocycles. The quantitative estimate of drug-likeness (QED) is 0.835. The minimum atomic E-state index is -0.703. The first kappa shape index (κ1) is 16.0. The summed E-state index contributed by atoms with van der Waals surface area (Å²) in [6.45, 7) is 7.15. The topological polar surface area (TPSA) is 84.5 Å². The fraction of sp³-hybridized carbons (Fsp3) is 0.438. The van der Waals surface area contributed by atoms with Crippen molar-refractivity contribution in [3.05, 3.63) is 29.3 Å². The number of nitrogens with one attached hydrogen (secondary N) is 2. The predicted octanol–water partition coefficient (Wildman–Crippen LogP) is 2.23. The molecule has 0 spiro atoms. The summed E-state index contributed by atoms with van der Waals surface area (Å²) < 4.78 is 4.76. The molecule has 1 unspecified atom stereocenters. The third-order valence-corrected chi connectivity index (χ3v) is 3.80. The first-order valence-electron chi connectivity index (χ1n) is 7.21. The molecule has 1 heterocycles. The fourth-order valence-electron chi connectivity index (χ4n) is 2.39. The van der Waals surface area contributed by atoms with Gasteiger partial charge in [0.1, 0.15) is 0 Å². The van der Waals surface area contributed by atoms with Crippen molar-refractivity contribution in [1.29, 1.82) is 0 Å². The summed E-state index contributed by atoms with van der Waals surface area (Å²) in [5.41, 5.74) is 1.28. The lowest BCUT2D eigenvalue weighted by Crippen LogP contribution is -2.39. The second kappa shape index (κ2) is 5.79. The molecule has 1 aliphatic heterocycles. The Morgan fingerprint density at radius 2 is 2.05 bits per heavy atom. The van der Waals surface area contributed by atoms with Crippen LogP contribution in [0.5, 0.6) is 0 Å². The Labute approximate surface area is 129 Å². The van der Waals surface area contributed by atoms with E-state index in [1.165, 1.54) is 0 Å². The Balaban J connectivity index is 2.21. The van der Waals surface area contributed by atoms with Gasteiger partial charge in [-0.3, -0.25) is 9.59 Å². The highest BCUT2D eigenvalue weighted by Gasteiger charge is 2.38. The summed E-state index contributed by atoms with van der Waals surface area (Å²) in [5.74, 6) is -0.323. The average Bonchev–Trinajstić information content (AvgIpc) is 2.68. The number of carbonyl (C=O) groups excluding carboxylic acids is 3. The van der Waals surface area contributed by atoms with E-state index in [4.69, 9.17) is 4.74 Å². The van der Waals surface area contributed by atoms with Gasteiger partial charge >= 0.3 is 6.09 Å². The van der Waals surface area contributed by atoms with E-state index in [-0.39, 0.29) is 18.3 Å². The summed E-state index contributed by atoms with van der Waals surface area (Å²) in [5, 5.41) is 5.28. The summed E-state index contributed by atoms with van der Waals surface area (Å²) in [6.07, 6.45) is -0.623.